The van der Waals surface area contributed by atoms with E-state index in [0.29, 0.717) is 23.5 Å². The molecule has 0 fully saturated rings. The van der Waals surface area contributed by atoms with Gasteiger partial charge in [-0.1, -0.05) is 50.3 Å². The van der Waals surface area contributed by atoms with E-state index in [1.54, 1.807) is 17.7 Å². The number of hydrogen-bond donors (Lipinski definition) is 0. The SMILES string of the molecule is CC1C(=O)C(C#N)=CC2(C)c3nc(-c4ccccc4)n(C)c(=O)c3CCC12. The first kappa shape index (κ1) is 17.4. The maximum Gasteiger partial charge on any atom is 0.256 e. The number of hydrogen-bond acceptors (Lipinski definition) is 4. The summed E-state index contributed by atoms with van der Waals surface area (Å²) in [6.45, 7) is 3.90. The zero-order valence-corrected chi connectivity index (χ0v) is 15.7. The highest BCUT2D eigenvalue weighted by Gasteiger charge is 2.49. The molecule has 0 saturated carbocycles. The lowest BCUT2D eigenvalue weighted by Gasteiger charge is -2.45. The van der Waals surface area contributed by atoms with Crippen LogP contribution in [0.2, 0.25) is 0 Å². The number of nitrogens with zero attached hydrogens (tertiary/aromatic N) is 3. The number of carbonyl (C=O) groups excluding carboxylic acids is 1. The molecule has 2 aliphatic rings. The van der Waals surface area contributed by atoms with Gasteiger partial charge in [0.15, 0.2) is 5.78 Å². The number of ketones is 1. The maximum absolute atomic E-state index is 13.1. The summed E-state index contributed by atoms with van der Waals surface area (Å²) in [6, 6.07) is 11.7. The third kappa shape index (κ3) is 2.40. The van der Waals surface area contributed by atoms with E-state index in [9.17, 15) is 14.9 Å². The number of fused-ring (bicyclic) bond motifs is 3. The van der Waals surface area contributed by atoms with Crippen LogP contribution in [0.25, 0.3) is 11.4 Å². The average Bonchev–Trinajstić information content (AvgIpc) is 2.68. The van der Waals surface area contributed by atoms with Gasteiger partial charge in [-0.25, -0.2) is 4.98 Å². The first-order valence-electron chi connectivity index (χ1n) is 9.21. The molecular formula is C22H21N3O2. The third-order valence-electron chi connectivity index (χ3n) is 6.25. The van der Waals surface area contributed by atoms with Crippen LogP contribution in [0.4, 0.5) is 0 Å². The number of nitriles is 1. The maximum atomic E-state index is 13.1. The van der Waals surface area contributed by atoms with Crippen LogP contribution < -0.4 is 5.56 Å². The Morgan fingerprint density at radius 3 is 2.63 bits per heavy atom. The monoisotopic (exact) mass is 359 g/mol. The van der Waals surface area contributed by atoms with Crippen molar-refractivity contribution in [3.05, 3.63) is 63.6 Å². The topological polar surface area (TPSA) is 75.8 Å². The minimum absolute atomic E-state index is 0.0397. The molecule has 5 nitrogen and oxygen atoms in total. The third-order valence-corrected chi connectivity index (χ3v) is 6.25. The largest absolute Gasteiger partial charge is 0.296 e. The van der Waals surface area contributed by atoms with E-state index in [0.717, 1.165) is 12.0 Å². The second-order valence-corrected chi connectivity index (χ2v) is 7.74. The zero-order chi connectivity index (χ0) is 19.3. The van der Waals surface area contributed by atoms with Gasteiger partial charge >= 0.3 is 0 Å². The Bertz CT molecular complexity index is 1080. The molecule has 3 unspecified atom stereocenters. The summed E-state index contributed by atoms with van der Waals surface area (Å²) >= 11 is 0. The Morgan fingerprint density at radius 1 is 1.26 bits per heavy atom. The van der Waals surface area contributed by atoms with Gasteiger partial charge in [0, 0.05) is 29.5 Å². The lowest BCUT2D eigenvalue weighted by atomic mass is 9.58. The second-order valence-electron chi connectivity index (χ2n) is 7.74. The summed E-state index contributed by atoms with van der Waals surface area (Å²) in [4.78, 5) is 30.5. The van der Waals surface area contributed by atoms with Gasteiger partial charge in [0.05, 0.1) is 11.3 Å². The Labute approximate surface area is 158 Å². The van der Waals surface area contributed by atoms with Crippen LogP contribution in [0.5, 0.6) is 0 Å². The van der Waals surface area contributed by atoms with Gasteiger partial charge in [0.2, 0.25) is 0 Å². The van der Waals surface area contributed by atoms with E-state index in [1.165, 1.54) is 0 Å². The van der Waals surface area contributed by atoms with Crippen LogP contribution in [-0.4, -0.2) is 15.3 Å². The molecule has 1 aromatic heterocycles. The quantitative estimate of drug-likeness (QED) is 0.784. The summed E-state index contributed by atoms with van der Waals surface area (Å²) in [5.74, 6) is 0.292. The van der Waals surface area contributed by atoms with Gasteiger partial charge in [-0.15, -0.1) is 0 Å². The lowest BCUT2D eigenvalue weighted by Crippen LogP contribution is -2.48. The molecule has 3 atom stereocenters. The Hall–Kier alpha value is -3.00. The molecule has 0 bridgehead atoms. The van der Waals surface area contributed by atoms with Crippen LogP contribution in [0, 0.1) is 23.2 Å². The van der Waals surface area contributed by atoms with Crippen molar-refractivity contribution in [3.8, 4) is 17.5 Å². The van der Waals surface area contributed by atoms with Gasteiger partial charge in [-0.3, -0.25) is 14.2 Å². The van der Waals surface area contributed by atoms with E-state index in [-0.39, 0.29) is 28.8 Å². The van der Waals surface area contributed by atoms with E-state index < -0.39 is 5.41 Å². The van der Waals surface area contributed by atoms with Gasteiger partial charge in [0.1, 0.15) is 11.9 Å². The van der Waals surface area contributed by atoms with Gasteiger partial charge in [-0.05, 0) is 18.8 Å². The standard InChI is InChI=1S/C22H21N3O2/c1-13-17-10-9-16-19(22(17,2)11-15(12-23)18(13)26)24-20(25(3)21(16)27)14-7-5-4-6-8-14/h4-8,11,13,17H,9-10H2,1-3H3. The van der Waals surface area contributed by atoms with Crippen LogP contribution in [0.15, 0.2) is 46.8 Å². The Morgan fingerprint density at radius 2 is 1.96 bits per heavy atom. The van der Waals surface area contributed by atoms with Crippen LogP contribution in [0.1, 0.15) is 31.5 Å². The number of benzene rings is 1. The van der Waals surface area contributed by atoms with Crippen molar-refractivity contribution in [2.24, 2.45) is 18.9 Å². The molecule has 2 aromatic rings. The van der Waals surface area contributed by atoms with E-state index in [4.69, 9.17) is 4.98 Å². The summed E-state index contributed by atoms with van der Waals surface area (Å²) in [6.07, 6.45) is 3.10. The highest BCUT2D eigenvalue weighted by Crippen LogP contribution is 2.48. The molecular weight excluding hydrogens is 338 g/mol. The van der Waals surface area contributed by atoms with Crippen molar-refractivity contribution in [1.82, 2.24) is 9.55 Å². The van der Waals surface area contributed by atoms with Crippen molar-refractivity contribution in [2.75, 3.05) is 0 Å². The fourth-order valence-corrected chi connectivity index (χ4v) is 4.77. The number of Topliss-reactive ketones (excluding diaryl/α,β-unsaturated/α-hetero) is 1. The molecule has 5 heteroatoms. The fourth-order valence-electron chi connectivity index (χ4n) is 4.77. The van der Waals surface area contributed by atoms with Crippen molar-refractivity contribution >= 4 is 5.78 Å². The average molecular weight is 359 g/mol. The predicted molar refractivity (Wildman–Crippen MR) is 102 cm³/mol. The second kappa shape index (κ2) is 6.02. The first-order chi connectivity index (χ1) is 12.9. The summed E-state index contributed by atoms with van der Waals surface area (Å²) in [5, 5.41) is 9.44. The molecule has 4 rings (SSSR count). The fraction of sp³-hybridized carbons (Fsp3) is 0.364. The molecule has 0 saturated heterocycles. The van der Waals surface area contributed by atoms with Crippen molar-refractivity contribution in [2.45, 2.75) is 32.1 Å². The predicted octanol–water partition coefficient (Wildman–Crippen LogP) is 2.94. The Balaban J connectivity index is 2.02. The van der Waals surface area contributed by atoms with Gasteiger partial charge in [0.25, 0.3) is 5.56 Å². The smallest absolute Gasteiger partial charge is 0.256 e. The minimum atomic E-state index is -0.594. The van der Waals surface area contributed by atoms with Crippen molar-refractivity contribution in [3.63, 3.8) is 0 Å². The van der Waals surface area contributed by atoms with E-state index in [1.807, 2.05) is 50.2 Å². The van der Waals surface area contributed by atoms with Gasteiger partial charge in [-0.2, -0.15) is 5.26 Å². The molecule has 2 aliphatic carbocycles. The van der Waals surface area contributed by atoms with Crippen LogP contribution in [0.3, 0.4) is 0 Å². The van der Waals surface area contributed by atoms with E-state index >= 15 is 0 Å². The Kier molecular flexibility index (Phi) is 3.88. The van der Waals surface area contributed by atoms with Crippen molar-refractivity contribution in [1.29, 1.82) is 5.26 Å². The highest BCUT2D eigenvalue weighted by molar-refractivity contribution is 6.02. The number of carbonyl (C=O) groups is 1. The molecule has 0 spiro atoms. The molecule has 0 radical (unpaired) electrons. The molecule has 0 N–H and O–H groups in total. The summed E-state index contributed by atoms with van der Waals surface area (Å²) in [7, 11) is 1.75. The highest BCUT2D eigenvalue weighted by atomic mass is 16.1. The normalized spacial score (nSPS) is 26.6. The van der Waals surface area contributed by atoms with Crippen LogP contribution in [-0.2, 0) is 23.7 Å². The summed E-state index contributed by atoms with van der Waals surface area (Å²) in [5.41, 5.74) is 1.82. The molecule has 0 aliphatic heterocycles. The number of aromatic nitrogens is 2. The lowest BCUT2D eigenvalue weighted by molar-refractivity contribution is -0.121. The first-order valence-corrected chi connectivity index (χ1v) is 9.21. The summed E-state index contributed by atoms with van der Waals surface area (Å²) < 4.78 is 1.60. The van der Waals surface area contributed by atoms with Crippen LogP contribution >= 0.6 is 0 Å². The molecule has 0 amide bonds. The zero-order valence-electron chi connectivity index (χ0n) is 15.7. The molecule has 1 heterocycles. The van der Waals surface area contributed by atoms with Gasteiger partial charge < -0.3 is 0 Å². The van der Waals surface area contributed by atoms with E-state index in [2.05, 4.69) is 0 Å². The molecule has 136 valence electrons. The number of allylic oxidation sites excluding steroid dienone is 2. The minimum Gasteiger partial charge on any atom is -0.296 e. The number of rotatable bonds is 1. The van der Waals surface area contributed by atoms with Crippen molar-refractivity contribution < 1.29 is 4.79 Å². The molecule has 1 aromatic carbocycles. The molecule has 27 heavy (non-hydrogen) atoms.